The Morgan fingerprint density at radius 3 is 1.50 bits per heavy atom. The van der Waals surface area contributed by atoms with Crippen molar-refractivity contribution in [1.29, 1.82) is 0 Å². The Morgan fingerprint density at radius 1 is 1.50 bits per heavy atom. The first-order valence-corrected chi connectivity index (χ1v) is 6.59. The van der Waals surface area contributed by atoms with E-state index in [1.165, 1.54) is 0 Å². The first-order chi connectivity index (χ1) is 1.73. The van der Waals surface area contributed by atoms with Crippen molar-refractivity contribution in [2.24, 2.45) is 0 Å². The molecule has 0 fully saturated rings. The van der Waals surface area contributed by atoms with Crippen molar-refractivity contribution in [3.8, 4) is 0 Å². The average Bonchev–Trinajstić information content (AvgIpc) is 0.811. The van der Waals surface area contributed by atoms with Gasteiger partial charge in [0.05, 0.1) is 0 Å². The molecule has 0 aromatic heterocycles. The summed E-state index contributed by atoms with van der Waals surface area (Å²) in [5.74, 6) is 0. The Hall–Kier alpha value is 1.58. The molecule has 4 heteroatoms. The molecule has 0 aromatic rings. The van der Waals surface area contributed by atoms with E-state index in [0.29, 0.717) is 0 Å². The minimum absolute atomic E-state index is 1.14. The first kappa shape index (κ1) is 5.58. The fraction of sp³-hybridized carbons (Fsp3) is 0. The van der Waals surface area contributed by atoms with Crippen molar-refractivity contribution in [2.75, 3.05) is 0 Å². The zero-order valence-corrected chi connectivity index (χ0v) is 5.79. The van der Waals surface area contributed by atoms with Gasteiger partial charge >= 0.3 is 44.6 Å². The van der Waals surface area contributed by atoms with Gasteiger partial charge in [0.2, 0.25) is 0 Å². The molecule has 0 unspecified atom stereocenters. The van der Waals surface area contributed by atoms with Crippen LogP contribution in [0, 0.1) is 0 Å². The van der Waals surface area contributed by atoms with E-state index in [1.54, 1.807) is 0 Å². The predicted octanol–water partition coefficient (Wildman–Crippen LogP) is 2.22. The van der Waals surface area contributed by atoms with Crippen molar-refractivity contribution in [3.05, 3.63) is 0 Å². The Bertz CT molecular complexity index is 10.8. The van der Waals surface area contributed by atoms with E-state index in [1.807, 2.05) is 0 Å². The van der Waals surface area contributed by atoms with Crippen molar-refractivity contribution < 1.29 is 10.3 Å². The fourth-order valence-electron chi connectivity index (χ4n) is 0. The summed E-state index contributed by atoms with van der Waals surface area (Å²) in [4.78, 5) is 0. The van der Waals surface area contributed by atoms with Crippen LogP contribution in [-0.4, -0.2) is 0 Å². The Kier molecular flexibility index (Phi) is 3.90. The fourth-order valence-corrected chi connectivity index (χ4v) is 0. The van der Waals surface area contributed by atoms with Crippen molar-refractivity contribution in [1.82, 2.24) is 0 Å². The van der Waals surface area contributed by atoms with Crippen LogP contribution in [0.1, 0.15) is 0 Å². The third-order valence-corrected chi connectivity index (χ3v) is 0. The van der Waals surface area contributed by atoms with Crippen LogP contribution in [0.2, 0.25) is 0 Å². The van der Waals surface area contributed by atoms with Gasteiger partial charge in [-0.2, -0.15) is 0 Å². The molecule has 0 aliphatic rings. The van der Waals surface area contributed by atoms with Gasteiger partial charge in [-0.1, -0.05) is 0 Å². The molecule has 0 aliphatic carbocycles. The third-order valence-electron chi connectivity index (χ3n) is 0. The summed E-state index contributed by atoms with van der Waals surface area (Å²) in [6.07, 6.45) is 0. The van der Waals surface area contributed by atoms with Gasteiger partial charge in [0.15, 0.2) is 0 Å². The van der Waals surface area contributed by atoms with Crippen LogP contribution in [0.5, 0.6) is 0 Å². The predicted molar refractivity (Wildman–Crippen MR) is 20.6 cm³/mol. The van der Waals surface area contributed by atoms with E-state index in [0.717, 1.165) is 0 Å². The number of hydrogen-bond acceptors (Lipinski definition) is 0. The van der Waals surface area contributed by atoms with E-state index in [-0.39, 0.29) is 0 Å². The molecule has 0 heterocycles. The van der Waals surface area contributed by atoms with Gasteiger partial charge in [-0.3, -0.25) is 0 Å². The molecule has 0 saturated heterocycles. The molecule has 0 saturated carbocycles. The van der Waals surface area contributed by atoms with Crippen LogP contribution in [0.4, 0.5) is 0 Å². The van der Waals surface area contributed by atoms with Gasteiger partial charge in [-0.05, 0) is 0 Å². The molecule has 0 bridgehead atoms. The summed E-state index contributed by atoms with van der Waals surface area (Å²) in [6, 6.07) is 0. The Balaban J connectivity index is 2.32. The van der Waals surface area contributed by atoms with Crippen LogP contribution in [0.25, 0.3) is 0 Å². The van der Waals surface area contributed by atoms with Crippen molar-refractivity contribution in [3.63, 3.8) is 0 Å². The number of rotatable bonds is 0. The molecular weight excluding hydrogens is 206 g/mol. The van der Waals surface area contributed by atoms with Gasteiger partial charge < -0.3 is 0 Å². The normalized spacial score (nSPS) is 11.2. The maximum absolute atomic E-state index is 5.06. The second kappa shape index (κ2) is 2.80. The van der Waals surface area contributed by atoms with E-state index < -0.39 is 10.3 Å². The van der Waals surface area contributed by atoms with Gasteiger partial charge in [-0.15, -0.1) is 0 Å². The van der Waals surface area contributed by atoms with Crippen LogP contribution >= 0.6 is 34.3 Å². The molecule has 4 heavy (non-hydrogen) atoms. The van der Waals surface area contributed by atoms with Crippen LogP contribution in [-0.2, 0) is 10.3 Å². The third kappa shape index (κ3) is 9.55. The summed E-state index contributed by atoms with van der Waals surface area (Å²) < 4.78 is 0. The van der Waals surface area contributed by atoms with Crippen molar-refractivity contribution in [2.45, 2.75) is 0 Å². The first-order valence-electron chi connectivity index (χ1n) is 0.429. The van der Waals surface area contributed by atoms with Gasteiger partial charge in [0, 0.05) is 0 Å². The summed E-state index contributed by atoms with van der Waals surface area (Å²) in [5.41, 5.74) is 0. The average molecular weight is 206 g/mol. The second-order valence-corrected chi connectivity index (χ2v) is 8.94. The Morgan fingerprint density at radius 2 is 1.50 bits per heavy atom. The molecule has 0 spiro atoms. The zero-order chi connectivity index (χ0) is 3.58. The van der Waals surface area contributed by atoms with Gasteiger partial charge in [0.1, 0.15) is 0 Å². The summed E-state index contributed by atoms with van der Waals surface area (Å²) in [5, 5.41) is 0. The quantitative estimate of drug-likeness (QED) is 0.532. The molecule has 0 radical (unpaired) electrons. The molecule has 0 nitrogen and oxygen atoms in total. The van der Waals surface area contributed by atoms with Gasteiger partial charge in [0.25, 0.3) is 0 Å². The molecule has 0 N–H and O–H groups in total. The molecule has 0 atom stereocenters. The minimum atomic E-state index is -1.14. The van der Waals surface area contributed by atoms with E-state index in [9.17, 15) is 0 Å². The monoisotopic (exact) mass is 204 g/mol. The molecule has 0 aliphatic heterocycles. The summed E-state index contributed by atoms with van der Waals surface area (Å²) in [6.45, 7) is 0. The summed E-state index contributed by atoms with van der Waals surface area (Å²) in [7, 11) is 8.98. The van der Waals surface area contributed by atoms with E-state index in [4.69, 9.17) is 20.2 Å². The van der Waals surface area contributed by atoms with Crippen molar-refractivity contribution >= 4 is 34.3 Å². The van der Waals surface area contributed by atoms with E-state index in [2.05, 4.69) is 14.1 Å². The number of hydrogen-bond donors (Lipinski definition) is 0. The molecule has 0 amide bonds. The second-order valence-electron chi connectivity index (χ2n) is 0.162. The topological polar surface area (TPSA) is 0 Å². The van der Waals surface area contributed by atoms with Gasteiger partial charge in [-0.25, -0.2) is 0 Å². The zero-order valence-electron chi connectivity index (χ0n) is 1.51. The Labute approximate surface area is 44.5 Å². The molecule has 28 valence electrons. The molecular formula is BrCl2Mn. The number of halogens is 3. The molecule has 0 rings (SSSR count). The maximum atomic E-state index is 5.06. The van der Waals surface area contributed by atoms with Crippen LogP contribution in [0.15, 0.2) is 0 Å². The summed E-state index contributed by atoms with van der Waals surface area (Å²) >= 11 is 2.91. The molecule has 0 aromatic carbocycles. The van der Waals surface area contributed by atoms with Crippen LogP contribution in [0.3, 0.4) is 0 Å². The van der Waals surface area contributed by atoms with Crippen LogP contribution < -0.4 is 0 Å². The standard InChI is InChI=1S/BrH.2ClH.Mn/h3*1H;/q;;;+3/p-3. The SMILES string of the molecule is [Cl][Mn]([Cl])[Br]. The van der Waals surface area contributed by atoms with E-state index >= 15 is 0 Å².